The molecule has 1 amide bonds. The number of hydrogen-bond acceptors (Lipinski definition) is 5. The highest BCUT2D eigenvalue weighted by atomic mass is 19.4. The van der Waals surface area contributed by atoms with Gasteiger partial charge >= 0.3 is 6.18 Å². The molecule has 3 atom stereocenters. The molecule has 0 unspecified atom stereocenters. The Hall–Kier alpha value is -2.49. The Labute approximate surface area is 165 Å². The van der Waals surface area contributed by atoms with Gasteiger partial charge in [-0.15, -0.1) is 0 Å². The predicted molar refractivity (Wildman–Crippen MR) is 98.0 cm³/mol. The van der Waals surface area contributed by atoms with E-state index in [1.54, 1.807) is 0 Å². The van der Waals surface area contributed by atoms with Crippen LogP contribution in [0, 0.1) is 27.4 Å². The summed E-state index contributed by atoms with van der Waals surface area (Å²) in [5.74, 6) is -2.70. The van der Waals surface area contributed by atoms with E-state index >= 15 is 0 Å². The Morgan fingerprint density at radius 2 is 2.00 bits per heavy atom. The molecule has 0 spiro atoms. The second-order valence-corrected chi connectivity index (χ2v) is 8.63. The maximum absolute atomic E-state index is 14.0. The van der Waals surface area contributed by atoms with Gasteiger partial charge in [0.05, 0.1) is 10.8 Å². The molecule has 1 aliphatic carbocycles. The summed E-state index contributed by atoms with van der Waals surface area (Å²) in [5, 5.41) is 25.7. The smallest absolute Gasteiger partial charge is 0.362 e. The minimum absolute atomic E-state index is 0.0388. The summed E-state index contributed by atoms with van der Waals surface area (Å²) in [4.78, 5) is 23.0. The van der Waals surface area contributed by atoms with Gasteiger partial charge < -0.3 is 5.11 Å². The molecule has 1 heterocycles. The molecule has 3 rings (SSSR count). The third-order valence-corrected chi connectivity index (χ3v) is 5.85. The number of hydrazone groups is 1. The Morgan fingerprint density at radius 3 is 2.55 bits per heavy atom. The number of halogens is 3. The molecule has 7 nitrogen and oxygen atoms in total. The molecule has 0 saturated heterocycles. The van der Waals surface area contributed by atoms with E-state index in [1.807, 2.05) is 20.8 Å². The summed E-state index contributed by atoms with van der Waals surface area (Å²) in [5.41, 5.74) is -4.42. The summed E-state index contributed by atoms with van der Waals surface area (Å²) in [6.07, 6.45) is -4.27. The van der Waals surface area contributed by atoms with Gasteiger partial charge in [0.2, 0.25) is 0 Å². The molecule has 1 fully saturated rings. The van der Waals surface area contributed by atoms with Crippen LogP contribution in [0.25, 0.3) is 0 Å². The van der Waals surface area contributed by atoms with Crippen molar-refractivity contribution in [3.8, 4) is 0 Å². The van der Waals surface area contributed by atoms with Gasteiger partial charge in [-0.3, -0.25) is 14.9 Å². The minimum Gasteiger partial charge on any atom is -0.362 e. The largest absolute Gasteiger partial charge is 0.439 e. The number of benzene rings is 1. The molecular weight excluding hydrogens is 391 g/mol. The van der Waals surface area contributed by atoms with Crippen LogP contribution >= 0.6 is 0 Å². The number of nitrogens with zero attached hydrogens (tertiary/aromatic N) is 3. The molecule has 158 valence electrons. The Kier molecular flexibility index (Phi) is 4.97. The van der Waals surface area contributed by atoms with Crippen molar-refractivity contribution in [3.63, 3.8) is 0 Å². The lowest BCUT2D eigenvalue weighted by Crippen LogP contribution is -2.62. The normalized spacial score (nSPS) is 27.4. The molecule has 1 aromatic carbocycles. The van der Waals surface area contributed by atoms with Crippen LogP contribution in [-0.4, -0.2) is 38.6 Å². The second kappa shape index (κ2) is 6.79. The van der Waals surface area contributed by atoms with E-state index < -0.39 is 34.3 Å². The van der Waals surface area contributed by atoms with E-state index in [2.05, 4.69) is 5.10 Å². The van der Waals surface area contributed by atoms with Crippen LogP contribution < -0.4 is 0 Å². The fourth-order valence-corrected chi connectivity index (χ4v) is 4.08. The van der Waals surface area contributed by atoms with E-state index in [4.69, 9.17) is 0 Å². The van der Waals surface area contributed by atoms with Crippen molar-refractivity contribution >= 4 is 17.3 Å². The fourth-order valence-electron chi connectivity index (χ4n) is 4.08. The van der Waals surface area contributed by atoms with E-state index in [9.17, 15) is 33.2 Å². The molecule has 1 N–H and O–H groups in total. The second-order valence-electron chi connectivity index (χ2n) is 8.63. The summed E-state index contributed by atoms with van der Waals surface area (Å²) in [7, 11) is 0. The molecule has 0 aromatic heterocycles. The number of fused-ring (bicyclic) bond motifs is 1. The number of alkyl halides is 3. The highest BCUT2D eigenvalue weighted by molar-refractivity contribution is 5.99. The predicted octanol–water partition coefficient (Wildman–Crippen LogP) is 4.12. The highest BCUT2D eigenvalue weighted by Gasteiger charge is 2.69. The first-order valence-corrected chi connectivity index (χ1v) is 9.22. The standard InChI is InChI=1S/C19H22F3N3O4/c1-17(2,3)12-7-8-15-14(10-12)18(27,19(20,21)22)24(23-15)16(26)11-5-4-6-13(9-11)25(28)29/h4-6,9,12,14,27H,7-8,10H2,1-3H3/t12-,14-,18+/m1/s1. The van der Waals surface area contributed by atoms with Crippen LogP contribution in [0.1, 0.15) is 50.4 Å². The van der Waals surface area contributed by atoms with Crippen LogP contribution in [0.3, 0.4) is 0 Å². The number of non-ortho nitro benzene ring substituents is 1. The maximum Gasteiger partial charge on any atom is 0.439 e. The zero-order chi connectivity index (χ0) is 21.8. The Morgan fingerprint density at radius 1 is 1.34 bits per heavy atom. The third-order valence-electron chi connectivity index (χ3n) is 5.85. The van der Waals surface area contributed by atoms with E-state index in [0.29, 0.717) is 6.42 Å². The number of nitro benzene ring substituents is 1. The molecule has 1 saturated carbocycles. The molecule has 0 radical (unpaired) electrons. The average molecular weight is 413 g/mol. The van der Waals surface area contributed by atoms with Gasteiger partial charge in [-0.2, -0.15) is 23.3 Å². The summed E-state index contributed by atoms with van der Waals surface area (Å²) in [6, 6.07) is 4.35. The van der Waals surface area contributed by atoms with Crippen molar-refractivity contribution in [1.29, 1.82) is 0 Å². The van der Waals surface area contributed by atoms with Crippen molar-refractivity contribution in [2.45, 2.75) is 51.9 Å². The lowest BCUT2D eigenvalue weighted by atomic mass is 9.66. The van der Waals surface area contributed by atoms with Crippen molar-refractivity contribution in [2.75, 3.05) is 0 Å². The Bertz CT molecular complexity index is 878. The van der Waals surface area contributed by atoms with Gasteiger partial charge in [-0.1, -0.05) is 26.8 Å². The zero-order valence-corrected chi connectivity index (χ0v) is 16.2. The van der Waals surface area contributed by atoms with Crippen LogP contribution in [-0.2, 0) is 0 Å². The topological polar surface area (TPSA) is 96.0 Å². The average Bonchev–Trinajstić information content (AvgIpc) is 2.94. The van der Waals surface area contributed by atoms with Crippen molar-refractivity contribution in [2.24, 2.45) is 22.4 Å². The fraction of sp³-hybridized carbons (Fsp3) is 0.579. The Balaban J connectivity index is 2.03. The summed E-state index contributed by atoms with van der Waals surface area (Å²) < 4.78 is 42.1. The molecule has 2 aliphatic rings. The van der Waals surface area contributed by atoms with Crippen LogP contribution in [0.15, 0.2) is 29.4 Å². The first kappa shape index (κ1) is 21.2. The van der Waals surface area contributed by atoms with Gasteiger partial charge in [0, 0.05) is 23.4 Å². The van der Waals surface area contributed by atoms with Crippen LogP contribution in [0.2, 0.25) is 0 Å². The highest BCUT2D eigenvalue weighted by Crippen LogP contribution is 2.52. The van der Waals surface area contributed by atoms with E-state index in [-0.39, 0.29) is 40.5 Å². The monoisotopic (exact) mass is 413 g/mol. The van der Waals surface area contributed by atoms with Gasteiger partial charge in [0.25, 0.3) is 17.3 Å². The number of carbonyl (C=O) groups is 1. The zero-order valence-electron chi connectivity index (χ0n) is 16.2. The van der Waals surface area contributed by atoms with Gasteiger partial charge in [-0.25, -0.2) is 0 Å². The van der Waals surface area contributed by atoms with Gasteiger partial charge in [0.15, 0.2) is 0 Å². The number of carbonyl (C=O) groups excluding carboxylic acids is 1. The van der Waals surface area contributed by atoms with Gasteiger partial charge in [-0.05, 0) is 36.7 Å². The molecule has 29 heavy (non-hydrogen) atoms. The minimum atomic E-state index is -5.15. The number of rotatable bonds is 2. The number of nitro groups is 1. The van der Waals surface area contributed by atoms with Crippen molar-refractivity contribution in [1.82, 2.24) is 5.01 Å². The molecule has 1 aliphatic heterocycles. The molecule has 0 bridgehead atoms. The van der Waals surface area contributed by atoms with E-state index in [0.717, 1.165) is 18.2 Å². The first-order chi connectivity index (χ1) is 13.3. The van der Waals surface area contributed by atoms with Crippen LogP contribution in [0.5, 0.6) is 0 Å². The number of aliphatic hydroxyl groups is 1. The number of hydrogen-bond donors (Lipinski definition) is 1. The summed E-state index contributed by atoms with van der Waals surface area (Å²) >= 11 is 0. The lowest BCUT2D eigenvalue weighted by molar-refractivity contribution is -0.384. The van der Waals surface area contributed by atoms with Crippen molar-refractivity contribution in [3.05, 3.63) is 39.9 Å². The summed E-state index contributed by atoms with van der Waals surface area (Å²) in [6.45, 7) is 5.77. The maximum atomic E-state index is 14.0. The van der Waals surface area contributed by atoms with Crippen molar-refractivity contribution < 1.29 is 28.0 Å². The first-order valence-electron chi connectivity index (χ1n) is 9.22. The lowest BCUT2D eigenvalue weighted by Gasteiger charge is -2.42. The SMILES string of the molecule is CC(C)(C)[C@@H]1CCC2=NN(C(=O)c3cccc([N+](=O)[O-])c3)[C@@](O)(C(F)(F)F)[C@@H]2C1. The molecule has 1 aromatic rings. The number of amides is 1. The quantitative estimate of drug-likeness (QED) is 0.583. The molecule has 10 heteroatoms. The van der Waals surface area contributed by atoms with Gasteiger partial charge in [0.1, 0.15) is 0 Å². The molecular formula is C19H22F3N3O4. The van der Waals surface area contributed by atoms with E-state index in [1.165, 1.54) is 6.07 Å². The third kappa shape index (κ3) is 3.50. The van der Waals surface area contributed by atoms with Crippen LogP contribution in [0.4, 0.5) is 18.9 Å².